The van der Waals surface area contributed by atoms with E-state index >= 15 is 0 Å². The smallest absolute Gasteiger partial charge is 0.0846 e. The standard InChI is InChI=1S/C9H16O/c1-4-7(2)8(3)5-9-6-10-9/h9H,4-6H2,1-3H3. The first-order valence-corrected chi connectivity index (χ1v) is 4.01. The molecule has 10 heavy (non-hydrogen) atoms. The molecular weight excluding hydrogens is 124 g/mol. The number of rotatable bonds is 3. The Hall–Kier alpha value is -0.300. The van der Waals surface area contributed by atoms with Gasteiger partial charge < -0.3 is 4.74 Å². The molecule has 1 unspecified atom stereocenters. The van der Waals surface area contributed by atoms with Gasteiger partial charge in [-0.25, -0.2) is 0 Å². The second-order valence-electron chi connectivity index (χ2n) is 3.07. The first kappa shape index (κ1) is 7.80. The van der Waals surface area contributed by atoms with Crippen molar-refractivity contribution >= 4 is 0 Å². The zero-order valence-corrected chi connectivity index (χ0v) is 7.11. The van der Waals surface area contributed by atoms with E-state index in [-0.39, 0.29) is 0 Å². The van der Waals surface area contributed by atoms with E-state index in [1.165, 1.54) is 17.6 Å². The summed E-state index contributed by atoms with van der Waals surface area (Å²) in [7, 11) is 0. The zero-order valence-electron chi connectivity index (χ0n) is 7.11. The molecule has 0 amide bonds. The average Bonchev–Trinajstić information content (AvgIpc) is 2.70. The van der Waals surface area contributed by atoms with Gasteiger partial charge in [-0.3, -0.25) is 0 Å². The maximum atomic E-state index is 5.14. The fourth-order valence-electron chi connectivity index (χ4n) is 1.00. The second-order valence-corrected chi connectivity index (χ2v) is 3.07. The Kier molecular flexibility index (Phi) is 2.50. The Labute approximate surface area is 63.1 Å². The van der Waals surface area contributed by atoms with E-state index in [0.29, 0.717) is 6.10 Å². The summed E-state index contributed by atoms with van der Waals surface area (Å²) >= 11 is 0. The van der Waals surface area contributed by atoms with Crippen LogP contribution in [0.1, 0.15) is 33.6 Å². The summed E-state index contributed by atoms with van der Waals surface area (Å²) in [5, 5.41) is 0. The van der Waals surface area contributed by atoms with Crippen molar-refractivity contribution in [2.75, 3.05) is 6.61 Å². The highest BCUT2D eigenvalue weighted by atomic mass is 16.6. The van der Waals surface area contributed by atoms with Crippen LogP contribution >= 0.6 is 0 Å². The molecule has 1 rings (SSSR count). The maximum absolute atomic E-state index is 5.14. The molecule has 1 aliphatic heterocycles. The summed E-state index contributed by atoms with van der Waals surface area (Å²) in [5.74, 6) is 0. The van der Waals surface area contributed by atoms with E-state index in [1.807, 2.05) is 0 Å². The van der Waals surface area contributed by atoms with E-state index in [0.717, 1.165) is 13.0 Å². The summed E-state index contributed by atoms with van der Waals surface area (Å²) in [6.07, 6.45) is 2.89. The van der Waals surface area contributed by atoms with Crippen molar-refractivity contribution in [2.45, 2.75) is 39.7 Å². The monoisotopic (exact) mass is 140 g/mol. The van der Waals surface area contributed by atoms with Crippen LogP contribution < -0.4 is 0 Å². The highest BCUT2D eigenvalue weighted by Gasteiger charge is 2.22. The molecule has 1 saturated heterocycles. The average molecular weight is 140 g/mol. The predicted molar refractivity (Wildman–Crippen MR) is 43.0 cm³/mol. The van der Waals surface area contributed by atoms with Crippen LogP contribution in [0.5, 0.6) is 0 Å². The van der Waals surface area contributed by atoms with Gasteiger partial charge in [-0.15, -0.1) is 0 Å². The van der Waals surface area contributed by atoms with Gasteiger partial charge in [0.25, 0.3) is 0 Å². The Morgan fingerprint density at radius 1 is 1.40 bits per heavy atom. The zero-order chi connectivity index (χ0) is 7.56. The predicted octanol–water partition coefficient (Wildman–Crippen LogP) is 2.52. The van der Waals surface area contributed by atoms with E-state index in [4.69, 9.17) is 4.74 Å². The van der Waals surface area contributed by atoms with Crippen LogP contribution in [0.2, 0.25) is 0 Å². The maximum Gasteiger partial charge on any atom is 0.0846 e. The SMILES string of the molecule is CCC(C)=C(C)CC1CO1. The van der Waals surface area contributed by atoms with Crippen molar-refractivity contribution in [3.63, 3.8) is 0 Å². The molecule has 0 aromatic heterocycles. The molecule has 0 radical (unpaired) electrons. The van der Waals surface area contributed by atoms with E-state index in [1.54, 1.807) is 0 Å². The summed E-state index contributed by atoms with van der Waals surface area (Å²) in [5.41, 5.74) is 3.04. The Balaban J connectivity index is 2.36. The minimum absolute atomic E-state index is 0.557. The van der Waals surface area contributed by atoms with Gasteiger partial charge in [0.1, 0.15) is 0 Å². The van der Waals surface area contributed by atoms with Crippen LogP contribution in [0.4, 0.5) is 0 Å². The Morgan fingerprint density at radius 2 is 2.00 bits per heavy atom. The molecule has 58 valence electrons. The highest BCUT2D eigenvalue weighted by molar-refractivity contribution is 5.10. The van der Waals surface area contributed by atoms with Crippen molar-refractivity contribution in [3.8, 4) is 0 Å². The molecule has 0 bridgehead atoms. The molecule has 0 aromatic rings. The van der Waals surface area contributed by atoms with Crippen molar-refractivity contribution in [1.29, 1.82) is 0 Å². The van der Waals surface area contributed by atoms with Crippen LogP contribution in [0, 0.1) is 0 Å². The molecule has 1 heteroatoms. The van der Waals surface area contributed by atoms with Crippen molar-refractivity contribution in [1.82, 2.24) is 0 Å². The second kappa shape index (κ2) is 3.20. The fraction of sp³-hybridized carbons (Fsp3) is 0.778. The van der Waals surface area contributed by atoms with Gasteiger partial charge in [-0.2, -0.15) is 0 Å². The van der Waals surface area contributed by atoms with Crippen molar-refractivity contribution in [2.24, 2.45) is 0 Å². The molecule has 1 atom stereocenters. The first-order valence-electron chi connectivity index (χ1n) is 4.01. The minimum Gasteiger partial charge on any atom is -0.373 e. The third kappa shape index (κ3) is 2.14. The minimum atomic E-state index is 0.557. The number of hydrogen-bond acceptors (Lipinski definition) is 1. The lowest BCUT2D eigenvalue weighted by Gasteiger charge is -2.01. The van der Waals surface area contributed by atoms with Crippen molar-refractivity contribution < 1.29 is 4.74 Å². The lowest BCUT2D eigenvalue weighted by Crippen LogP contribution is -1.89. The number of epoxide rings is 1. The lowest BCUT2D eigenvalue weighted by molar-refractivity contribution is 0.406. The normalized spacial score (nSPS) is 26.1. The molecule has 1 aliphatic rings. The number of hydrogen-bond donors (Lipinski definition) is 0. The molecule has 0 aliphatic carbocycles. The quantitative estimate of drug-likeness (QED) is 0.433. The highest BCUT2D eigenvalue weighted by Crippen LogP contribution is 2.21. The largest absolute Gasteiger partial charge is 0.373 e. The van der Waals surface area contributed by atoms with Crippen molar-refractivity contribution in [3.05, 3.63) is 11.1 Å². The molecule has 0 aromatic carbocycles. The summed E-state index contributed by atoms with van der Waals surface area (Å²) in [6, 6.07) is 0. The summed E-state index contributed by atoms with van der Waals surface area (Å²) < 4.78 is 5.14. The van der Waals surface area contributed by atoms with Gasteiger partial charge in [-0.05, 0) is 26.7 Å². The van der Waals surface area contributed by atoms with E-state index < -0.39 is 0 Å². The van der Waals surface area contributed by atoms with Gasteiger partial charge in [-0.1, -0.05) is 18.1 Å². The van der Waals surface area contributed by atoms with Crippen LogP contribution in [0.25, 0.3) is 0 Å². The van der Waals surface area contributed by atoms with Crippen LogP contribution in [0.3, 0.4) is 0 Å². The molecular formula is C9H16O. The molecule has 0 N–H and O–H groups in total. The molecule has 1 nitrogen and oxygen atoms in total. The van der Waals surface area contributed by atoms with E-state index in [2.05, 4.69) is 20.8 Å². The third-order valence-electron chi connectivity index (χ3n) is 2.20. The van der Waals surface area contributed by atoms with Gasteiger partial charge in [0.15, 0.2) is 0 Å². The van der Waals surface area contributed by atoms with Gasteiger partial charge in [0, 0.05) is 0 Å². The van der Waals surface area contributed by atoms with Gasteiger partial charge in [0.05, 0.1) is 12.7 Å². The molecule has 0 spiro atoms. The number of ether oxygens (including phenoxy) is 1. The molecule has 1 fully saturated rings. The third-order valence-corrected chi connectivity index (χ3v) is 2.20. The Bertz CT molecular complexity index is 143. The fourth-order valence-corrected chi connectivity index (χ4v) is 1.00. The summed E-state index contributed by atoms with van der Waals surface area (Å²) in [6.45, 7) is 7.60. The Morgan fingerprint density at radius 3 is 2.40 bits per heavy atom. The van der Waals surface area contributed by atoms with Gasteiger partial charge >= 0.3 is 0 Å². The van der Waals surface area contributed by atoms with Gasteiger partial charge in [0.2, 0.25) is 0 Å². The lowest BCUT2D eigenvalue weighted by atomic mass is 10.0. The topological polar surface area (TPSA) is 12.5 Å². The summed E-state index contributed by atoms with van der Waals surface area (Å²) in [4.78, 5) is 0. The van der Waals surface area contributed by atoms with Crippen LogP contribution in [-0.4, -0.2) is 12.7 Å². The molecule has 0 saturated carbocycles. The first-order chi connectivity index (χ1) is 4.74. The van der Waals surface area contributed by atoms with Crippen LogP contribution in [0.15, 0.2) is 11.1 Å². The molecule has 1 heterocycles. The van der Waals surface area contributed by atoms with E-state index in [9.17, 15) is 0 Å². The van der Waals surface area contributed by atoms with Crippen LogP contribution in [-0.2, 0) is 4.74 Å². The number of allylic oxidation sites excluding steroid dienone is 1.